The molecule has 0 aliphatic carbocycles. The molecule has 0 spiro atoms. The molecule has 0 radical (unpaired) electrons. The number of aryl methyl sites for hydroxylation is 2. The normalized spacial score (nSPS) is 17.3. The Balaban J connectivity index is 1.78. The summed E-state index contributed by atoms with van der Waals surface area (Å²) in [5.41, 5.74) is 4.53. The van der Waals surface area contributed by atoms with Gasteiger partial charge in [-0.2, -0.15) is 5.10 Å². The lowest BCUT2D eigenvalue weighted by Gasteiger charge is -2.35. The molecule has 1 atom stereocenters. The fraction of sp³-hybridized carbons (Fsp3) is 0.450. The lowest BCUT2D eigenvalue weighted by atomic mass is 9.97. The summed E-state index contributed by atoms with van der Waals surface area (Å²) in [6.45, 7) is 4.75. The zero-order valence-corrected chi connectivity index (χ0v) is 15.3. The summed E-state index contributed by atoms with van der Waals surface area (Å²) in [7, 11) is 0. The van der Waals surface area contributed by atoms with Gasteiger partial charge >= 0.3 is 5.97 Å². The van der Waals surface area contributed by atoms with Gasteiger partial charge in [0.15, 0.2) is 0 Å². The lowest BCUT2D eigenvalue weighted by Crippen LogP contribution is -2.44. The third-order valence-corrected chi connectivity index (χ3v) is 5.05. The zero-order chi connectivity index (χ0) is 18.7. The van der Waals surface area contributed by atoms with E-state index in [1.807, 2.05) is 30.9 Å². The van der Waals surface area contributed by atoms with Gasteiger partial charge in [-0.25, -0.2) is 0 Å². The molecule has 0 bridgehead atoms. The van der Waals surface area contributed by atoms with Crippen molar-refractivity contribution < 1.29 is 14.7 Å². The van der Waals surface area contributed by atoms with Crippen LogP contribution in [0.15, 0.2) is 24.3 Å². The number of rotatable bonds is 5. The first-order valence-corrected chi connectivity index (χ1v) is 9.11. The van der Waals surface area contributed by atoms with Crippen molar-refractivity contribution in [1.82, 2.24) is 15.1 Å². The van der Waals surface area contributed by atoms with Crippen LogP contribution in [0.5, 0.6) is 0 Å². The number of aromatic nitrogens is 2. The van der Waals surface area contributed by atoms with Gasteiger partial charge in [-0.1, -0.05) is 23.8 Å². The van der Waals surface area contributed by atoms with Gasteiger partial charge in [0, 0.05) is 24.6 Å². The molecule has 0 saturated carbocycles. The van der Waals surface area contributed by atoms with E-state index in [1.165, 1.54) is 5.56 Å². The predicted octanol–water partition coefficient (Wildman–Crippen LogP) is 3.55. The summed E-state index contributed by atoms with van der Waals surface area (Å²) in [5, 5.41) is 16.1. The molecule has 1 aliphatic rings. The highest BCUT2D eigenvalue weighted by molar-refractivity contribution is 5.93. The summed E-state index contributed by atoms with van der Waals surface area (Å²) in [5.74, 6) is -0.912. The summed E-state index contributed by atoms with van der Waals surface area (Å²) in [6, 6.07) is 7.93. The predicted molar refractivity (Wildman–Crippen MR) is 99.0 cm³/mol. The van der Waals surface area contributed by atoms with Gasteiger partial charge in [0.05, 0.1) is 5.69 Å². The second kappa shape index (κ2) is 7.72. The van der Waals surface area contributed by atoms with E-state index in [0.717, 1.165) is 36.1 Å². The minimum Gasteiger partial charge on any atom is -0.481 e. The third-order valence-electron chi connectivity index (χ3n) is 5.05. The topological polar surface area (TPSA) is 86.3 Å². The molecule has 2 N–H and O–H groups in total. The molecular formula is C20H25N3O3. The van der Waals surface area contributed by atoms with E-state index in [4.69, 9.17) is 5.11 Å². The third kappa shape index (κ3) is 3.95. The molecular weight excluding hydrogens is 330 g/mol. The zero-order valence-electron chi connectivity index (χ0n) is 15.3. The average molecular weight is 355 g/mol. The van der Waals surface area contributed by atoms with Crippen molar-refractivity contribution in [3.05, 3.63) is 41.1 Å². The van der Waals surface area contributed by atoms with Gasteiger partial charge in [-0.3, -0.25) is 14.7 Å². The van der Waals surface area contributed by atoms with E-state index < -0.39 is 5.97 Å². The molecule has 6 nitrogen and oxygen atoms in total. The summed E-state index contributed by atoms with van der Waals surface area (Å²) in [6.07, 6.45) is 3.43. The molecule has 1 unspecified atom stereocenters. The van der Waals surface area contributed by atoms with Crippen LogP contribution in [0.1, 0.15) is 53.7 Å². The number of aliphatic carboxylic acids is 1. The van der Waals surface area contributed by atoms with E-state index in [9.17, 15) is 9.59 Å². The van der Waals surface area contributed by atoms with Crippen molar-refractivity contribution >= 4 is 11.9 Å². The standard InChI is InChI=1S/C20H25N3O3/c1-13-6-8-16(14(2)11-13)17-12-18(22-21-17)20(26)23-10-4-3-5-15(23)7-9-19(24)25/h6,8,11-12,15H,3-5,7,9-10H2,1-2H3,(H,21,22)(H,24,25). The number of nitrogens with one attached hydrogen (secondary N) is 1. The van der Waals surface area contributed by atoms with Gasteiger partial charge in [0.25, 0.3) is 5.91 Å². The Kier molecular flexibility index (Phi) is 5.40. The molecule has 2 aromatic rings. The summed E-state index contributed by atoms with van der Waals surface area (Å²) >= 11 is 0. The number of likely N-dealkylation sites (tertiary alicyclic amines) is 1. The average Bonchev–Trinajstić information content (AvgIpc) is 3.09. The maximum Gasteiger partial charge on any atom is 0.303 e. The largest absolute Gasteiger partial charge is 0.481 e. The first-order chi connectivity index (χ1) is 12.5. The van der Waals surface area contributed by atoms with Gasteiger partial charge in [-0.05, 0) is 51.2 Å². The van der Waals surface area contributed by atoms with Gasteiger partial charge in [0.1, 0.15) is 5.69 Å². The highest BCUT2D eigenvalue weighted by Crippen LogP contribution is 2.26. The number of carboxylic acid groups (broad SMARTS) is 1. The minimum atomic E-state index is -0.818. The number of carbonyl (C=O) groups is 2. The van der Waals surface area contributed by atoms with Crippen LogP contribution < -0.4 is 0 Å². The highest BCUT2D eigenvalue weighted by atomic mass is 16.4. The van der Waals surface area contributed by atoms with E-state index in [2.05, 4.69) is 16.3 Å². The van der Waals surface area contributed by atoms with Crippen LogP contribution in [0.2, 0.25) is 0 Å². The molecule has 2 heterocycles. The van der Waals surface area contributed by atoms with Crippen LogP contribution in [0.25, 0.3) is 11.3 Å². The van der Waals surface area contributed by atoms with Crippen molar-refractivity contribution in [2.24, 2.45) is 0 Å². The number of carboxylic acids is 1. The van der Waals surface area contributed by atoms with Crippen molar-refractivity contribution in [3.63, 3.8) is 0 Å². The fourth-order valence-corrected chi connectivity index (χ4v) is 3.68. The molecule has 26 heavy (non-hydrogen) atoms. The minimum absolute atomic E-state index is 0.0137. The smallest absolute Gasteiger partial charge is 0.303 e. The van der Waals surface area contributed by atoms with Gasteiger partial charge in [-0.15, -0.1) is 0 Å². The highest BCUT2D eigenvalue weighted by Gasteiger charge is 2.29. The quantitative estimate of drug-likeness (QED) is 0.859. The molecule has 3 rings (SSSR count). The van der Waals surface area contributed by atoms with E-state index in [0.29, 0.717) is 18.7 Å². The SMILES string of the molecule is Cc1ccc(-c2cc(C(=O)N3CCCCC3CCC(=O)O)[nH]n2)c(C)c1. The lowest BCUT2D eigenvalue weighted by molar-refractivity contribution is -0.137. The second-order valence-electron chi connectivity index (χ2n) is 7.07. The number of amides is 1. The van der Waals surface area contributed by atoms with Crippen LogP contribution in [-0.2, 0) is 4.79 Å². The summed E-state index contributed by atoms with van der Waals surface area (Å²) < 4.78 is 0. The van der Waals surface area contributed by atoms with Crippen molar-refractivity contribution in [2.75, 3.05) is 6.54 Å². The van der Waals surface area contributed by atoms with Crippen LogP contribution >= 0.6 is 0 Å². The number of H-pyrrole nitrogens is 1. The molecule has 1 fully saturated rings. The Labute approximate surface area is 153 Å². The maximum atomic E-state index is 12.9. The number of carbonyl (C=O) groups excluding carboxylic acids is 1. The second-order valence-corrected chi connectivity index (χ2v) is 7.07. The molecule has 1 amide bonds. The van der Waals surface area contributed by atoms with Crippen LogP contribution in [-0.4, -0.2) is 44.7 Å². The maximum absolute atomic E-state index is 12.9. The van der Waals surface area contributed by atoms with E-state index >= 15 is 0 Å². The Bertz CT molecular complexity index is 812. The van der Waals surface area contributed by atoms with Crippen LogP contribution in [0.3, 0.4) is 0 Å². The summed E-state index contributed by atoms with van der Waals surface area (Å²) in [4.78, 5) is 25.6. The van der Waals surface area contributed by atoms with E-state index in [1.54, 1.807) is 6.07 Å². The van der Waals surface area contributed by atoms with Crippen LogP contribution in [0, 0.1) is 13.8 Å². The number of benzene rings is 1. The van der Waals surface area contributed by atoms with Gasteiger partial charge < -0.3 is 10.0 Å². The molecule has 1 aromatic carbocycles. The molecule has 138 valence electrons. The first-order valence-electron chi connectivity index (χ1n) is 9.11. The Hall–Kier alpha value is -2.63. The van der Waals surface area contributed by atoms with Crippen molar-refractivity contribution in [3.8, 4) is 11.3 Å². The molecule has 1 aromatic heterocycles. The van der Waals surface area contributed by atoms with Crippen molar-refractivity contribution in [1.29, 1.82) is 0 Å². The Morgan fingerprint density at radius 3 is 2.81 bits per heavy atom. The van der Waals surface area contributed by atoms with Crippen molar-refractivity contribution in [2.45, 2.75) is 52.0 Å². The molecule has 1 aliphatic heterocycles. The van der Waals surface area contributed by atoms with Gasteiger partial charge in [0.2, 0.25) is 0 Å². The Morgan fingerprint density at radius 1 is 1.27 bits per heavy atom. The number of aromatic amines is 1. The molecule has 6 heteroatoms. The monoisotopic (exact) mass is 355 g/mol. The Morgan fingerprint density at radius 2 is 2.08 bits per heavy atom. The number of hydrogen-bond acceptors (Lipinski definition) is 3. The first kappa shape index (κ1) is 18.2. The number of nitrogens with zero attached hydrogens (tertiary/aromatic N) is 2. The molecule has 1 saturated heterocycles. The number of hydrogen-bond donors (Lipinski definition) is 2. The fourth-order valence-electron chi connectivity index (χ4n) is 3.68. The number of piperidine rings is 1. The van der Waals surface area contributed by atoms with Crippen LogP contribution in [0.4, 0.5) is 0 Å². The van der Waals surface area contributed by atoms with E-state index in [-0.39, 0.29) is 18.4 Å².